The van der Waals surface area contributed by atoms with Crippen LogP contribution < -0.4 is 5.56 Å². The third-order valence-corrected chi connectivity index (χ3v) is 2.53. The first kappa shape index (κ1) is 10.2. The molecule has 3 rings (SSSR count). The molecule has 0 fully saturated rings. The molecular formula is C12H7N5O. The van der Waals surface area contributed by atoms with Crippen LogP contribution in [-0.2, 0) is 0 Å². The highest BCUT2D eigenvalue weighted by atomic mass is 16.1. The van der Waals surface area contributed by atoms with Crippen LogP contribution in [0.2, 0.25) is 0 Å². The van der Waals surface area contributed by atoms with Gasteiger partial charge in [0.05, 0.1) is 22.7 Å². The Morgan fingerprint density at radius 3 is 2.83 bits per heavy atom. The third kappa shape index (κ3) is 1.64. The molecule has 0 atom stereocenters. The van der Waals surface area contributed by atoms with Crippen LogP contribution in [0, 0.1) is 11.3 Å². The predicted molar refractivity (Wildman–Crippen MR) is 64.7 cm³/mol. The second-order valence-electron chi connectivity index (χ2n) is 3.74. The van der Waals surface area contributed by atoms with Crippen molar-refractivity contribution in [1.29, 1.82) is 5.26 Å². The van der Waals surface area contributed by atoms with Gasteiger partial charge in [0, 0.05) is 6.07 Å². The van der Waals surface area contributed by atoms with Gasteiger partial charge < -0.3 is 4.98 Å². The highest BCUT2D eigenvalue weighted by molar-refractivity contribution is 5.80. The number of fused-ring (bicyclic) bond motifs is 1. The van der Waals surface area contributed by atoms with E-state index in [0.29, 0.717) is 17.1 Å². The fourth-order valence-corrected chi connectivity index (χ4v) is 1.68. The highest BCUT2D eigenvalue weighted by Gasteiger charge is 2.07. The Labute approximate surface area is 101 Å². The fraction of sp³-hybridized carbons (Fsp3) is 0. The summed E-state index contributed by atoms with van der Waals surface area (Å²) in [6.45, 7) is 0. The number of rotatable bonds is 1. The molecule has 1 aromatic carbocycles. The lowest BCUT2D eigenvalue weighted by Gasteiger charge is -1.91. The molecule has 6 heteroatoms. The van der Waals surface area contributed by atoms with Crippen LogP contribution in [0.5, 0.6) is 0 Å². The zero-order valence-electron chi connectivity index (χ0n) is 9.14. The van der Waals surface area contributed by atoms with Gasteiger partial charge in [-0.25, -0.2) is 10.1 Å². The van der Waals surface area contributed by atoms with Gasteiger partial charge in [-0.3, -0.25) is 4.79 Å². The molecule has 0 radical (unpaired) electrons. The van der Waals surface area contributed by atoms with Gasteiger partial charge in [0.25, 0.3) is 5.56 Å². The van der Waals surface area contributed by atoms with E-state index in [1.807, 2.05) is 0 Å². The monoisotopic (exact) mass is 237 g/mol. The molecule has 0 unspecified atom stereocenters. The second kappa shape index (κ2) is 3.82. The van der Waals surface area contributed by atoms with Gasteiger partial charge in [-0.1, -0.05) is 0 Å². The summed E-state index contributed by atoms with van der Waals surface area (Å²) in [7, 11) is 0. The largest absolute Gasteiger partial charge is 0.337 e. The summed E-state index contributed by atoms with van der Waals surface area (Å²) in [5.74, 6) is 0.552. The molecule has 0 amide bonds. The molecule has 2 aromatic heterocycles. The lowest BCUT2D eigenvalue weighted by Crippen LogP contribution is -2.05. The van der Waals surface area contributed by atoms with Crippen LogP contribution >= 0.6 is 0 Å². The van der Waals surface area contributed by atoms with E-state index in [1.165, 1.54) is 6.07 Å². The van der Waals surface area contributed by atoms with Crippen molar-refractivity contribution < 1.29 is 0 Å². The van der Waals surface area contributed by atoms with E-state index in [1.54, 1.807) is 24.3 Å². The van der Waals surface area contributed by atoms with Gasteiger partial charge in [-0.05, 0) is 24.3 Å². The number of aromatic nitrogens is 4. The van der Waals surface area contributed by atoms with Gasteiger partial charge in [-0.2, -0.15) is 10.4 Å². The van der Waals surface area contributed by atoms with E-state index in [2.05, 4.69) is 26.2 Å². The van der Waals surface area contributed by atoms with Crippen LogP contribution in [0.3, 0.4) is 0 Å². The molecule has 0 spiro atoms. The molecule has 18 heavy (non-hydrogen) atoms. The van der Waals surface area contributed by atoms with Crippen molar-refractivity contribution >= 4 is 11.0 Å². The first-order valence-corrected chi connectivity index (χ1v) is 5.22. The Bertz CT molecular complexity index is 804. The SMILES string of the molecule is N#Cc1ccc2nc(-c3ccc(=O)[nH]n3)[nH]c2c1. The van der Waals surface area contributed by atoms with E-state index < -0.39 is 0 Å². The Morgan fingerprint density at radius 2 is 2.11 bits per heavy atom. The van der Waals surface area contributed by atoms with E-state index in [4.69, 9.17) is 5.26 Å². The minimum absolute atomic E-state index is 0.262. The summed E-state index contributed by atoms with van der Waals surface area (Å²) in [5.41, 5.74) is 2.35. The topological polar surface area (TPSA) is 98.2 Å². The summed E-state index contributed by atoms with van der Waals surface area (Å²) in [6.07, 6.45) is 0. The number of hydrogen-bond acceptors (Lipinski definition) is 4. The maximum atomic E-state index is 10.9. The normalized spacial score (nSPS) is 10.4. The molecule has 0 aliphatic rings. The minimum Gasteiger partial charge on any atom is -0.337 e. The van der Waals surface area contributed by atoms with Crippen LogP contribution in [0.1, 0.15) is 5.56 Å². The Kier molecular flexibility index (Phi) is 2.17. The van der Waals surface area contributed by atoms with Crippen molar-refractivity contribution in [3.8, 4) is 17.6 Å². The minimum atomic E-state index is -0.262. The molecular weight excluding hydrogens is 230 g/mol. The quantitative estimate of drug-likeness (QED) is 0.664. The van der Waals surface area contributed by atoms with Crippen LogP contribution in [0.25, 0.3) is 22.6 Å². The molecule has 86 valence electrons. The molecule has 0 saturated carbocycles. The summed E-state index contributed by atoms with van der Waals surface area (Å²) in [6, 6.07) is 10.2. The molecule has 0 bridgehead atoms. The summed E-state index contributed by atoms with van der Waals surface area (Å²) in [4.78, 5) is 18.3. The molecule has 2 N–H and O–H groups in total. The number of nitrogens with one attached hydrogen (secondary N) is 2. The number of hydrogen-bond donors (Lipinski definition) is 2. The predicted octanol–water partition coefficient (Wildman–Crippen LogP) is 1.18. The van der Waals surface area contributed by atoms with Gasteiger partial charge in [0.1, 0.15) is 5.69 Å². The number of benzene rings is 1. The number of nitrogens with zero attached hydrogens (tertiary/aromatic N) is 3. The van der Waals surface area contributed by atoms with Crippen LogP contribution in [-0.4, -0.2) is 20.2 Å². The van der Waals surface area contributed by atoms with Crippen molar-refractivity contribution in [3.63, 3.8) is 0 Å². The molecule has 6 nitrogen and oxygen atoms in total. The molecule has 0 aliphatic carbocycles. The highest BCUT2D eigenvalue weighted by Crippen LogP contribution is 2.18. The molecule has 0 saturated heterocycles. The Balaban J connectivity index is 2.16. The van der Waals surface area contributed by atoms with Crippen LogP contribution in [0.15, 0.2) is 35.1 Å². The zero-order valence-corrected chi connectivity index (χ0v) is 9.14. The lowest BCUT2D eigenvalue weighted by molar-refractivity contribution is 0.985. The molecule has 2 heterocycles. The van der Waals surface area contributed by atoms with E-state index in [-0.39, 0.29) is 5.56 Å². The van der Waals surface area contributed by atoms with E-state index in [0.717, 1.165) is 11.0 Å². The van der Waals surface area contributed by atoms with Crippen molar-refractivity contribution in [3.05, 3.63) is 46.2 Å². The first-order valence-electron chi connectivity index (χ1n) is 5.22. The summed E-state index contributed by atoms with van der Waals surface area (Å²) in [5, 5.41) is 15.1. The number of aromatic amines is 2. The fourth-order valence-electron chi connectivity index (χ4n) is 1.68. The summed E-state index contributed by atoms with van der Waals surface area (Å²) >= 11 is 0. The van der Waals surface area contributed by atoms with Crippen molar-refractivity contribution in [2.45, 2.75) is 0 Å². The van der Waals surface area contributed by atoms with E-state index in [9.17, 15) is 4.79 Å². The number of imidazole rings is 1. The second-order valence-corrected chi connectivity index (χ2v) is 3.74. The maximum Gasteiger partial charge on any atom is 0.264 e. The zero-order chi connectivity index (χ0) is 12.5. The molecule has 0 aliphatic heterocycles. The van der Waals surface area contributed by atoms with Crippen LogP contribution in [0.4, 0.5) is 0 Å². The van der Waals surface area contributed by atoms with Gasteiger partial charge >= 0.3 is 0 Å². The van der Waals surface area contributed by atoms with Crippen molar-refractivity contribution in [2.24, 2.45) is 0 Å². The average Bonchev–Trinajstić information content (AvgIpc) is 2.82. The lowest BCUT2D eigenvalue weighted by atomic mass is 10.2. The smallest absolute Gasteiger partial charge is 0.264 e. The van der Waals surface area contributed by atoms with Gasteiger partial charge in [0.2, 0.25) is 0 Å². The van der Waals surface area contributed by atoms with Crippen molar-refractivity contribution in [2.75, 3.05) is 0 Å². The summed E-state index contributed by atoms with van der Waals surface area (Å²) < 4.78 is 0. The maximum absolute atomic E-state index is 10.9. The van der Waals surface area contributed by atoms with E-state index >= 15 is 0 Å². The standard InChI is InChI=1S/C12H7N5O/c13-6-7-1-2-8-10(5-7)15-12(14-8)9-3-4-11(18)17-16-9/h1-5H,(H,14,15)(H,17,18). The van der Waals surface area contributed by atoms with Gasteiger partial charge in [-0.15, -0.1) is 0 Å². The number of nitriles is 1. The average molecular weight is 237 g/mol. The Morgan fingerprint density at radius 1 is 1.22 bits per heavy atom. The van der Waals surface area contributed by atoms with Crippen molar-refractivity contribution in [1.82, 2.24) is 20.2 Å². The van der Waals surface area contributed by atoms with Gasteiger partial charge in [0.15, 0.2) is 5.82 Å². The molecule has 3 aromatic rings. The first-order chi connectivity index (χ1) is 8.76. The third-order valence-electron chi connectivity index (χ3n) is 2.53. The number of H-pyrrole nitrogens is 2. The Hall–Kier alpha value is -2.94.